The lowest BCUT2D eigenvalue weighted by Crippen LogP contribution is -2.43. The average Bonchev–Trinajstić information content (AvgIpc) is 2.98. The number of para-hydroxylation sites is 1. The van der Waals surface area contributed by atoms with Crippen LogP contribution in [0.15, 0.2) is 18.2 Å². The number of carbonyl (C=O) groups is 1. The van der Waals surface area contributed by atoms with Gasteiger partial charge in [-0.1, -0.05) is 35.7 Å². The number of carbonyl (C=O) groups excluding carboxylic acids is 1. The molecule has 1 aromatic rings. The molecule has 3 rings (SSSR count). The molecule has 1 aliphatic carbocycles. The van der Waals surface area contributed by atoms with Gasteiger partial charge in [-0.2, -0.15) is 0 Å². The van der Waals surface area contributed by atoms with Crippen LogP contribution in [0, 0.1) is 5.92 Å². The van der Waals surface area contributed by atoms with Crippen molar-refractivity contribution in [3.05, 3.63) is 28.2 Å². The maximum Gasteiger partial charge on any atom is 0.225 e. The molecule has 5 heteroatoms. The van der Waals surface area contributed by atoms with Gasteiger partial charge >= 0.3 is 0 Å². The Labute approximate surface area is 142 Å². The van der Waals surface area contributed by atoms with E-state index in [1.54, 1.807) is 18.2 Å². The summed E-state index contributed by atoms with van der Waals surface area (Å²) in [5.41, 5.74) is 0.522. The van der Waals surface area contributed by atoms with Crippen LogP contribution in [-0.4, -0.2) is 29.9 Å². The fourth-order valence-corrected chi connectivity index (χ4v) is 4.39. The van der Waals surface area contributed by atoms with Gasteiger partial charge in [0.15, 0.2) is 0 Å². The minimum absolute atomic E-state index is 0.0184. The van der Waals surface area contributed by atoms with Crippen molar-refractivity contribution in [2.45, 2.75) is 44.6 Å². The lowest BCUT2D eigenvalue weighted by atomic mass is 9.92. The molecular weight excluding hydrogens is 319 g/mol. The van der Waals surface area contributed by atoms with E-state index in [2.05, 4.69) is 10.2 Å². The molecule has 2 atom stereocenters. The zero-order valence-electron chi connectivity index (χ0n) is 12.7. The molecule has 0 radical (unpaired) electrons. The van der Waals surface area contributed by atoms with E-state index in [4.69, 9.17) is 23.2 Å². The van der Waals surface area contributed by atoms with Crippen molar-refractivity contribution < 1.29 is 4.79 Å². The molecule has 0 aromatic heterocycles. The molecule has 3 nitrogen and oxygen atoms in total. The molecule has 0 spiro atoms. The number of likely N-dealkylation sites (tertiary alicyclic amines) is 1. The maximum atomic E-state index is 12.2. The Bertz CT molecular complexity index is 529. The second-order valence-electron chi connectivity index (χ2n) is 6.33. The Hall–Kier alpha value is -0.770. The van der Waals surface area contributed by atoms with Gasteiger partial charge in [0, 0.05) is 19.0 Å². The minimum atomic E-state index is -0.0184. The number of piperidine rings is 1. The summed E-state index contributed by atoms with van der Waals surface area (Å²) in [5.74, 6) is 0.838. The van der Waals surface area contributed by atoms with Gasteiger partial charge in [0.1, 0.15) is 0 Å². The number of nitrogens with zero attached hydrogens (tertiary/aromatic N) is 1. The van der Waals surface area contributed by atoms with Crippen molar-refractivity contribution in [3.63, 3.8) is 0 Å². The molecule has 22 heavy (non-hydrogen) atoms. The van der Waals surface area contributed by atoms with Crippen LogP contribution in [0.1, 0.15) is 38.5 Å². The topological polar surface area (TPSA) is 32.3 Å². The lowest BCUT2D eigenvalue weighted by molar-refractivity contribution is -0.116. The molecule has 1 saturated heterocycles. The molecule has 0 unspecified atom stereocenters. The summed E-state index contributed by atoms with van der Waals surface area (Å²) in [6.07, 6.45) is 7.12. The second-order valence-corrected chi connectivity index (χ2v) is 7.15. The molecule has 1 aliphatic heterocycles. The number of anilines is 1. The quantitative estimate of drug-likeness (QED) is 0.869. The van der Waals surface area contributed by atoms with Crippen LogP contribution < -0.4 is 5.32 Å². The molecule has 1 saturated carbocycles. The highest BCUT2D eigenvalue weighted by Gasteiger charge is 2.34. The van der Waals surface area contributed by atoms with E-state index in [1.807, 2.05) is 0 Å². The van der Waals surface area contributed by atoms with Crippen LogP contribution in [0.25, 0.3) is 0 Å². The first-order valence-corrected chi connectivity index (χ1v) is 8.88. The highest BCUT2D eigenvalue weighted by molar-refractivity contribution is 6.39. The Morgan fingerprint density at radius 2 is 1.91 bits per heavy atom. The van der Waals surface area contributed by atoms with Gasteiger partial charge in [-0.3, -0.25) is 9.69 Å². The number of rotatable bonds is 4. The van der Waals surface area contributed by atoms with Crippen LogP contribution >= 0.6 is 23.2 Å². The van der Waals surface area contributed by atoms with Gasteiger partial charge in [-0.05, 0) is 50.3 Å². The summed E-state index contributed by atoms with van der Waals surface area (Å²) in [6, 6.07) is 5.94. The Balaban J connectivity index is 1.54. The summed E-state index contributed by atoms with van der Waals surface area (Å²) in [5, 5.41) is 3.81. The van der Waals surface area contributed by atoms with Crippen molar-refractivity contribution in [2.75, 3.05) is 18.4 Å². The summed E-state index contributed by atoms with van der Waals surface area (Å²) < 4.78 is 0. The van der Waals surface area contributed by atoms with E-state index in [9.17, 15) is 4.79 Å². The molecular formula is C17H22Cl2N2O. The van der Waals surface area contributed by atoms with E-state index in [0.717, 1.165) is 19.0 Å². The van der Waals surface area contributed by atoms with E-state index < -0.39 is 0 Å². The lowest BCUT2D eigenvalue weighted by Gasteiger charge is -2.37. The molecule has 1 aromatic carbocycles. The molecule has 1 N–H and O–H groups in total. The maximum absolute atomic E-state index is 12.2. The Kier molecular flexibility index (Phi) is 5.27. The normalized spacial score (nSPS) is 25.0. The standard InChI is InChI=1S/C17H22Cl2N2O/c18-13-6-2-7-14(19)17(13)20-16(22)9-11-21-10-3-5-12-4-1-8-15(12)21/h2,6-7,12,15H,1,3-5,8-11H2,(H,20,22)/t12-,15-/m0/s1. The van der Waals surface area contributed by atoms with E-state index in [0.29, 0.717) is 28.2 Å². The first-order chi connectivity index (χ1) is 10.6. The van der Waals surface area contributed by atoms with Crippen molar-refractivity contribution in [3.8, 4) is 0 Å². The van der Waals surface area contributed by atoms with E-state index in [1.165, 1.54) is 32.1 Å². The van der Waals surface area contributed by atoms with Crippen LogP contribution in [0.2, 0.25) is 10.0 Å². The van der Waals surface area contributed by atoms with E-state index >= 15 is 0 Å². The third-order valence-electron chi connectivity index (χ3n) is 4.96. The van der Waals surface area contributed by atoms with Crippen LogP contribution in [0.3, 0.4) is 0 Å². The molecule has 1 heterocycles. The zero-order valence-corrected chi connectivity index (χ0v) is 14.2. The first-order valence-electron chi connectivity index (χ1n) is 8.13. The number of hydrogen-bond donors (Lipinski definition) is 1. The predicted molar refractivity (Wildman–Crippen MR) is 91.6 cm³/mol. The Morgan fingerprint density at radius 1 is 1.18 bits per heavy atom. The van der Waals surface area contributed by atoms with Gasteiger partial charge in [0.2, 0.25) is 5.91 Å². The third kappa shape index (κ3) is 3.58. The fourth-order valence-electron chi connectivity index (χ4n) is 3.90. The number of amides is 1. The SMILES string of the molecule is O=C(CCN1CCC[C@@H]2CCC[C@@H]21)Nc1c(Cl)cccc1Cl. The van der Waals surface area contributed by atoms with E-state index in [-0.39, 0.29) is 5.91 Å². The number of hydrogen-bond acceptors (Lipinski definition) is 2. The van der Waals surface area contributed by atoms with Gasteiger partial charge in [-0.15, -0.1) is 0 Å². The highest BCUT2D eigenvalue weighted by Crippen LogP contribution is 2.36. The second kappa shape index (κ2) is 7.20. The Morgan fingerprint density at radius 3 is 2.68 bits per heavy atom. The summed E-state index contributed by atoms with van der Waals surface area (Å²) in [4.78, 5) is 14.7. The predicted octanol–water partition coefficient (Wildman–Crippen LogP) is 4.59. The highest BCUT2D eigenvalue weighted by atomic mass is 35.5. The monoisotopic (exact) mass is 340 g/mol. The van der Waals surface area contributed by atoms with Gasteiger partial charge in [0.05, 0.1) is 15.7 Å². The largest absolute Gasteiger partial charge is 0.324 e. The van der Waals surface area contributed by atoms with Gasteiger partial charge in [0.25, 0.3) is 0 Å². The molecule has 1 amide bonds. The first kappa shape index (κ1) is 16.1. The smallest absolute Gasteiger partial charge is 0.225 e. The molecule has 0 bridgehead atoms. The van der Waals surface area contributed by atoms with Gasteiger partial charge < -0.3 is 5.32 Å². The van der Waals surface area contributed by atoms with Crippen molar-refractivity contribution in [1.82, 2.24) is 4.90 Å². The minimum Gasteiger partial charge on any atom is -0.324 e. The van der Waals surface area contributed by atoms with Crippen LogP contribution in [-0.2, 0) is 4.79 Å². The van der Waals surface area contributed by atoms with Crippen molar-refractivity contribution >= 4 is 34.8 Å². The van der Waals surface area contributed by atoms with Crippen LogP contribution in [0.5, 0.6) is 0 Å². The molecule has 2 fully saturated rings. The molecule has 2 aliphatic rings. The summed E-state index contributed by atoms with van der Waals surface area (Å²) in [7, 11) is 0. The zero-order chi connectivity index (χ0) is 15.5. The fraction of sp³-hybridized carbons (Fsp3) is 0.588. The number of fused-ring (bicyclic) bond motifs is 1. The van der Waals surface area contributed by atoms with Gasteiger partial charge in [-0.25, -0.2) is 0 Å². The number of halogens is 2. The summed E-state index contributed by atoms with van der Waals surface area (Å²) in [6.45, 7) is 1.95. The molecule has 120 valence electrons. The van der Waals surface area contributed by atoms with Crippen LogP contribution in [0.4, 0.5) is 5.69 Å². The number of benzene rings is 1. The average molecular weight is 341 g/mol. The third-order valence-corrected chi connectivity index (χ3v) is 5.59. The number of nitrogens with one attached hydrogen (secondary N) is 1. The summed E-state index contributed by atoms with van der Waals surface area (Å²) >= 11 is 12.2. The van der Waals surface area contributed by atoms with Crippen molar-refractivity contribution in [2.24, 2.45) is 5.92 Å². The van der Waals surface area contributed by atoms with Crippen molar-refractivity contribution in [1.29, 1.82) is 0 Å².